The molecule has 0 radical (unpaired) electrons. The molecule has 0 bridgehead atoms. The van der Waals surface area contributed by atoms with E-state index in [1.807, 2.05) is 0 Å². The molecular formula is C12H16BrNO2S. The van der Waals surface area contributed by atoms with Crippen molar-refractivity contribution in [3.8, 4) is 0 Å². The Bertz CT molecular complexity index is 407. The summed E-state index contributed by atoms with van der Waals surface area (Å²) in [7, 11) is 2.07. The quantitative estimate of drug-likeness (QED) is 0.877. The van der Waals surface area contributed by atoms with Gasteiger partial charge in [-0.05, 0) is 47.8 Å². The van der Waals surface area contributed by atoms with E-state index in [4.69, 9.17) is 5.11 Å². The van der Waals surface area contributed by atoms with E-state index in [2.05, 4.69) is 39.3 Å². The summed E-state index contributed by atoms with van der Waals surface area (Å²) in [5.41, 5.74) is 0. The van der Waals surface area contributed by atoms with Crippen molar-refractivity contribution < 1.29 is 9.90 Å². The van der Waals surface area contributed by atoms with Crippen LogP contribution in [0.2, 0.25) is 0 Å². The van der Waals surface area contributed by atoms with Crippen molar-refractivity contribution in [1.29, 1.82) is 0 Å². The van der Waals surface area contributed by atoms with E-state index in [0.29, 0.717) is 5.92 Å². The van der Waals surface area contributed by atoms with Gasteiger partial charge in [0.2, 0.25) is 0 Å². The van der Waals surface area contributed by atoms with E-state index in [-0.39, 0.29) is 5.92 Å². The second-order valence-corrected chi connectivity index (χ2v) is 6.60. The summed E-state index contributed by atoms with van der Waals surface area (Å²) in [6.07, 6.45) is 1.89. The maximum absolute atomic E-state index is 10.7. The average molecular weight is 318 g/mol. The van der Waals surface area contributed by atoms with Gasteiger partial charge in [0.1, 0.15) is 0 Å². The Balaban J connectivity index is 1.68. The largest absolute Gasteiger partial charge is 0.481 e. The van der Waals surface area contributed by atoms with Crippen molar-refractivity contribution >= 4 is 33.2 Å². The Hall–Kier alpha value is -0.390. The summed E-state index contributed by atoms with van der Waals surface area (Å²) in [6, 6.07) is 2.15. The standard InChI is InChI=1S/C12H16BrNO2S/c1-14(6-8-4-11(8)12(15)16)3-2-10-5-9(13)7-17-10/h5,7-8,11H,2-4,6H2,1H3,(H,15,16). The number of aliphatic carboxylic acids is 1. The van der Waals surface area contributed by atoms with Gasteiger partial charge in [-0.3, -0.25) is 4.79 Å². The fourth-order valence-electron chi connectivity index (χ4n) is 2.03. The predicted octanol–water partition coefficient (Wildman–Crippen LogP) is 2.71. The second kappa shape index (κ2) is 5.50. The van der Waals surface area contributed by atoms with E-state index in [0.717, 1.165) is 30.4 Å². The summed E-state index contributed by atoms with van der Waals surface area (Å²) < 4.78 is 1.15. The number of rotatable bonds is 6. The van der Waals surface area contributed by atoms with Crippen LogP contribution in [-0.2, 0) is 11.2 Å². The van der Waals surface area contributed by atoms with Crippen LogP contribution in [0.15, 0.2) is 15.9 Å². The highest BCUT2D eigenvalue weighted by molar-refractivity contribution is 9.10. The van der Waals surface area contributed by atoms with E-state index in [9.17, 15) is 4.79 Å². The molecule has 3 nitrogen and oxygen atoms in total. The van der Waals surface area contributed by atoms with Crippen LogP contribution in [0.25, 0.3) is 0 Å². The van der Waals surface area contributed by atoms with Gasteiger partial charge in [-0.1, -0.05) is 0 Å². The van der Waals surface area contributed by atoms with Crippen LogP contribution in [0.3, 0.4) is 0 Å². The number of halogens is 1. The van der Waals surface area contributed by atoms with Crippen LogP contribution in [-0.4, -0.2) is 36.1 Å². The van der Waals surface area contributed by atoms with Crippen LogP contribution in [0.1, 0.15) is 11.3 Å². The molecule has 2 unspecified atom stereocenters. The summed E-state index contributed by atoms with van der Waals surface area (Å²) in [5.74, 6) is -0.355. The monoisotopic (exact) mass is 317 g/mol. The van der Waals surface area contributed by atoms with Crippen molar-refractivity contribution in [2.45, 2.75) is 12.8 Å². The molecule has 2 rings (SSSR count). The third-order valence-electron chi connectivity index (χ3n) is 3.15. The molecule has 17 heavy (non-hydrogen) atoms. The Labute approximate surface area is 114 Å². The minimum Gasteiger partial charge on any atom is -0.481 e. The fraction of sp³-hybridized carbons (Fsp3) is 0.583. The number of hydrogen-bond acceptors (Lipinski definition) is 3. The highest BCUT2D eigenvalue weighted by Gasteiger charge is 2.43. The van der Waals surface area contributed by atoms with Gasteiger partial charge in [0.05, 0.1) is 5.92 Å². The predicted molar refractivity (Wildman–Crippen MR) is 72.5 cm³/mol. The van der Waals surface area contributed by atoms with Crippen molar-refractivity contribution in [2.75, 3.05) is 20.1 Å². The third-order valence-corrected chi connectivity index (χ3v) is 4.91. The zero-order valence-electron chi connectivity index (χ0n) is 9.73. The Morgan fingerprint density at radius 3 is 3.00 bits per heavy atom. The minimum absolute atomic E-state index is 0.0895. The van der Waals surface area contributed by atoms with Crippen LogP contribution >= 0.6 is 27.3 Å². The molecule has 1 aromatic rings. The highest BCUT2D eigenvalue weighted by atomic mass is 79.9. The summed E-state index contributed by atoms with van der Waals surface area (Å²) >= 11 is 5.21. The van der Waals surface area contributed by atoms with Crippen molar-refractivity contribution in [2.24, 2.45) is 11.8 Å². The van der Waals surface area contributed by atoms with Gasteiger partial charge in [0.25, 0.3) is 0 Å². The first-order valence-electron chi connectivity index (χ1n) is 5.70. The molecule has 1 aliphatic rings. The molecule has 0 saturated heterocycles. The molecule has 94 valence electrons. The SMILES string of the molecule is CN(CCc1cc(Br)cs1)CC1CC1C(=O)O. The maximum atomic E-state index is 10.7. The Kier molecular flexibility index (Phi) is 4.22. The first kappa shape index (κ1) is 13.1. The molecule has 1 heterocycles. The van der Waals surface area contributed by atoms with Gasteiger partial charge < -0.3 is 10.0 Å². The zero-order chi connectivity index (χ0) is 12.4. The lowest BCUT2D eigenvalue weighted by Gasteiger charge is -2.15. The van der Waals surface area contributed by atoms with Crippen LogP contribution < -0.4 is 0 Å². The summed E-state index contributed by atoms with van der Waals surface area (Å²) in [4.78, 5) is 14.3. The Morgan fingerprint density at radius 1 is 1.71 bits per heavy atom. The maximum Gasteiger partial charge on any atom is 0.306 e. The molecule has 1 N–H and O–H groups in total. The molecular weight excluding hydrogens is 302 g/mol. The lowest BCUT2D eigenvalue weighted by atomic mass is 10.3. The molecule has 0 spiro atoms. The van der Waals surface area contributed by atoms with Gasteiger partial charge in [0, 0.05) is 27.8 Å². The van der Waals surface area contributed by atoms with E-state index in [1.54, 1.807) is 11.3 Å². The van der Waals surface area contributed by atoms with Crippen LogP contribution in [0, 0.1) is 11.8 Å². The number of thiophene rings is 1. The number of likely N-dealkylation sites (N-methyl/N-ethyl adjacent to an activating group) is 1. The first-order valence-corrected chi connectivity index (χ1v) is 7.38. The number of carbonyl (C=O) groups is 1. The van der Waals surface area contributed by atoms with Crippen molar-refractivity contribution in [3.05, 3.63) is 20.8 Å². The van der Waals surface area contributed by atoms with Crippen LogP contribution in [0.4, 0.5) is 0 Å². The van der Waals surface area contributed by atoms with E-state index in [1.165, 1.54) is 4.88 Å². The number of nitrogens with zero attached hydrogens (tertiary/aromatic N) is 1. The van der Waals surface area contributed by atoms with Gasteiger partial charge in [-0.2, -0.15) is 0 Å². The molecule has 0 amide bonds. The molecule has 1 aliphatic carbocycles. The number of carboxylic acids is 1. The zero-order valence-corrected chi connectivity index (χ0v) is 12.1. The van der Waals surface area contributed by atoms with Crippen LogP contribution in [0.5, 0.6) is 0 Å². The summed E-state index contributed by atoms with van der Waals surface area (Å²) in [5, 5.41) is 10.9. The highest BCUT2D eigenvalue weighted by Crippen LogP contribution is 2.38. The molecule has 0 aliphatic heterocycles. The number of hydrogen-bond donors (Lipinski definition) is 1. The number of carboxylic acid groups (broad SMARTS) is 1. The molecule has 5 heteroatoms. The lowest BCUT2D eigenvalue weighted by molar-refractivity contribution is -0.138. The normalized spacial score (nSPS) is 23.0. The smallest absolute Gasteiger partial charge is 0.306 e. The van der Waals surface area contributed by atoms with E-state index >= 15 is 0 Å². The van der Waals surface area contributed by atoms with Gasteiger partial charge >= 0.3 is 5.97 Å². The second-order valence-electron chi connectivity index (χ2n) is 4.68. The van der Waals surface area contributed by atoms with E-state index < -0.39 is 5.97 Å². The topological polar surface area (TPSA) is 40.5 Å². The molecule has 1 saturated carbocycles. The minimum atomic E-state index is -0.634. The average Bonchev–Trinajstić information content (AvgIpc) is 2.90. The fourth-order valence-corrected chi connectivity index (χ4v) is 3.47. The van der Waals surface area contributed by atoms with Crippen molar-refractivity contribution in [3.63, 3.8) is 0 Å². The summed E-state index contributed by atoms with van der Waals surface area (Å²) in [6.45, 7) is 1.90. The van der Waals surface area contributed by atoms with Gasteiger partial charge in [-0.15, -0.1) is 11.3 Å². The van der Waals surface area contributed by atoms with Gasteiger partial charge in [-0.25, -0.2) is 0 Å². The van der Waals surface area contributed by atoms with Gasteiger partial charge in [0.15, 0.2) is 0 Å². The third kappa shape index (κ3) is 3.79. The first-order chi connectivity index (χ1) is 8.06. The van der Waals surface area contributed by atoms with Crippen molar-refractivity contribution in [1.82, 2.24) is 4.90 Å². The lowest BCUT2D eigenvalue weighted by Crippen LogP contribution is -2.24. The molecule has 0 aromatic carbocycles. The molecule has 1 aromatic heterocycles. The molecule has 2 atom stereocenters. The molecule has 1 fully saturated rings. The Morgan fingerprint density at radius 2 is 2.47 bits per heavy atom.